The molecule has 0 fully saturated rings. The van der Waals surface area contributed by atoms with E-state index in [0.29, 0.717) is 13.2 Å². The van der Waals surface area contributed by atoms with Gasteiger partial charge in [-0.3, -0.25) is 4.99 Å². The maximum atomic E-state index is 5.70. The fourth-order valence-corrected chi connectivity index (χ4v) is 2.80. The number of ether oxygens (including phenoxy) is 2. The van der Waals surface area contributed by atoms with Crippen LogP contribution >= 0.6 is 11.3 Å². The largest absolute Gasteiger partial charge is 0.490 e. The number of hydrogen-bond donors (Lipinski definition) is 2. The summed E-state index contributed by atoms with van der Waals surface area (Å²) in [6.45, 7) is 2.12. The Kier molecular flexibility index (Phi) is 4.80. The van der Waals surface area contributed by atoms with Gasteiger partial charge in [-0.25, -0.2) is 0 Å². The van der Waals surface area contributed by atoms with Crippen molar-refractivity contribution in [1.82, 2.24) is 5.32 Å². The molecule has 0 radical (unpaired) electrons. The van der Waals surface area contributed by atoms with Gasteiger partial charge in [0.1, 0.15) is 0 Å². The summed E-state index contributed by atoms with van der Waals surface area (Å²) in [5.41, 5.74) is 2.16. The van der Waals surface area contributed by atoms with E-state index in [1.807, 2.05) is 18.2 Å². The minimum atomic E-state index is 0.682. The molecule has 0 amide bonds. The van der Waals surface area contributed by atoms with Gasteiger partial charge in [0.15, 0.2) is 17.5 Å². The summed E-state index contributed by atoms with van der Waals surface area (Å²) < 4.78 is 11.3. The number of fused-ring (bicyclic) bond motifs is 1. The minimum Gasteiger partial charge on any atom is -0.490 e. The molecule has 0 unspecified atom stereocenters. The average Bonchev–Trinajstić information content (AvgIpc) is 2.95. The van der Waals surface area contributed by atoms with Crippen LogP contribution in [-0.2, 0) is 6.54 Å². The van der Waals surface area contributed by atoms with Crippen LogP contribution in [0.4, 0.5) is 5.69 Å². The molecule has 22 heavy (non-hydrogen) atoms. The van der Waals surface area contributed by atoms with Gasteiger partial charge in [0.05, 0.1) is 13.2 Å². The molecule has 0 bridgehead atoms. The second-order valence-electron chi connectivity index (χ2n) is 4.89. The third kappa shape index (κ3) is 3.71. The van der Waals surface area contributed by atoms with Crippen LogP contribution in [0.25, 0.3) is 0 Å². The number of thiophene rings is 1. The van der Waals surface area contributed by atoms with Crippen molar-refractivity contribution in [1.29, 1.82) is 0 Å². The van der Waals surface area contributed by atoms with Crippen LogP contribution in [-0.4, -0.2) is 26.2 Å². The Morgan fingerprint density at radius 2 is 2.09 bits per heavy atom. The van der Waals surface area contributed by atoms with Crippen molar-refractivity contribution in [2.75, 3.05) is 25.6 Å². The molecule has 0 aliphatic carbocycles. The number of aliphatic imine (C=N–C) groups is 1. The van der Waals surface area contributed by atoms with Crippen LogP contribution in [0.15, 0.2) is 40.0 Å². The molecule has 0 atom stereocenters. The lowest BCUT2D eigenvalue weighted by Crippen LogP contribution is -2.30. The number of guanidine groups is 1. The molecular weight excluding hydrogens is 298 g/mol. The van der Waals surface area contributed by atoms with Gasteiger partial charge in [-0.2, -0.15) is 11.3 Å². The van der Waals surface area contributed by atoms with E-state index in [0.717, 1.165) is 36.1 Å². The summed E-state index contributed by atoms with van der Waals surface area (Å²) in [6.07, 6.45) is 0.904. The molecule has 1 aliphatic heterocycles. The number of nitrogens with zero attached hydrogens (tertiary/aromatic N) is 1. The third-order valence-corrected chi connectivity index (χ3v) is 4.01. The lowest BCUT2D eigenvalue weighted by Gasteiger charge is -2.13. The van der Waals surface area contributed by atoms with Gasteiger partial charge in [-0.15, -0.1) is 0 Å². The molecule has 2 aromatic rings. The molecule has 1 aromatic carbocycles. The van der Waals surface area contributed by atoms with Gasteiger partial charge < -0.3 is 20.1 Å². The second-order valence-corrected chi connectivity index (χ2v) is 5.67. The number of nitrogens with one attached hydrogen (secondary N) is 2. The smallest absolute Gasteiger partial charge is 0.195 e. The topological polar surface area (TPSA) is 54.9 Å². The molecule has 116 valence electrons. The number of rotatable bonds is 3. The van der Waals surface area contributed by atoms with Crippen LogP contribution in [0.5, 0.6) is 11.5 Å². The predicted molar refractivity (Wildman–Crippen MR) is 90.2 cm³/mol. The molecular formula is C16H19N3O2S. The Morgan fingerprint density at radius 3 is 2.86 bits per heavy atom. The average molecular weight is 317 g/mol. The first-order chi connectivity index (χ1) is 10.8. The van der Waals surface area contributed by atoms with Crippen molar-refractivity contribution in [2.45, 2.75) is 13.0 Å². The standard InChI is InChI=1S/C16H19N3O2S/c1-17-16(18-10-12-5-8-22-11-12)19-13-3-4-14-15(9-13)21-7-2-6-20-14/h3-5,8-9,11H,2,6-7,10H2,1H3,(H2,17,18,19). The maximum absolute atomic E-state index is 5.70. The van der Waals surface area contributed by atoms with E-state index in [1.165, 1.54) is 5.56 Å². The molecule has 2 N–H and O–H groups in total. The van der Waals surface area contributed by atoms with Gasteiger partial charge in [-0.05, 0) is 34.5 Å². The highest BCUT2D eigenvalue weighted by molar-refractivity contribution is 7.07. The molecule has 2 heterocycles. The summed E-state index contributed by atoms with van der Waals surface area (Å²) in [5.74, 6) is 2.29. The van der Waals surface area contributed by atoms with E-state index in [2.05, 4.69) is 32.5 Å². The fourth-order valence-electron chi connectivity index (χ4n) is 2.14. The van der Waals surface area contributed by atoms with E-state index in [1.54, 1.807) is 18.4 Å². The molecule has 3 rings (SSSR count). The van der Waals surface area contributed by atoms with Gasteiger partial charge in [0.25, 0.3) is 0 Å². The lowest BCUT2D eigenvalue weighted by molar-refractivity contribution is 0.297. The fraction of sp³-hybridized carbons (Fsp3) is 0.312. The van der Waals surface area contributed by atoms with E-state index >= 15 is 0 Å². The van der Waals surface area contributed by atoms with Gasteiger partial charge >= 0.3 is 0 Å². The first kappa shape index (κ1) is 14.7. The molecule has 0 spiro atoms. The van der Waals surface area contributed by atoms with Crippen LogP contribution in [0.3, 0.4) is 0 Å². The highest BCUT2D eigenvalue weighted by Gasteiger charge is 2.11. The normalized spacial score (nSPS) is 14.3. The SMILES string of the molecule is CN=C(NCc1ccsc1)Nc1ccc2c(c1)OCCCO2. The van der Waals surface area contributed by atoms with E-state index < -0.39 is 0 Å². The van der Waals surface area contributed by atoms with Crippen LogP contribution < -0.4 is 20.1 Å². The predicted octanol–water partition coefficient (Wildman–Crippen LogP) is 3.10. The number of benzene rings is 1. The molecule has 5 nitrogen and oxygen atoms in total. The highest BCUT2D eigenvalue weighted by atomic mass is 32.1. The first-order valence-electron chi connectivity index (χ1n) is 7.23. The van der Waals surface area contributed by atoms with Crippen molar-refractivity contribution < 1.29 is 9.47 Å². The van der Waals surface area contributed by atoms with Gasteiger partial charge in [0, 0.05) is 31.8 Å². The van der Waals surface area contributed by atoms with Crippen molar-refractivity contribution in [3.05, 3.63) is 40.6 Å². The Hall–Kier alpha value is -2.21. The monoisotopic (exact) mass is 317 g/mol. The van der Waals surface area contributed by atoms with Crippen molar-refractivity contribution >= 4 is 23.0 Å². The third-order valence-electron chi connectivity index (χ3n) is 3.27. The quantitative estimate of drug-likeness (QED) is 0.675. The molecule has 1 aliphatic rings. The summed E-state index contributed by atoms with van der Waals surface area (Å²) >= 11 is 1.69. The van der Waals surface area contributed by atoms with Crippen molar-refractivity contribution in [3.63, 3.8) is 0 Å². The summed E-state index contributed by atoms with van der Waals surface area (Å²) in [6, 6.07) is 7.93. The Balaban J connectivity index is 1.64. The zero-order chi connectivity index (χ0) is 15.2. The zero-order valence-corrected chi connectivity index (χ0v) is 13.3. The Labute approximate surface area is 134 Å². The van der Waals surface area contributed by atoms with E-state index in [4.69, 9.17) is 9.47 Å². The van der Waals surface area contributed by atoms with E-state index in [9.17, 15) is 0 Å². The van der Waals surface area contributed by atoms with Crippen LogP contribution in [0.2, 0.25) is 0 Å². The zero-order valence-electron chi connectivity index (χ0n) is 12.5. The molecule has 1 aromatic heterocycles. The van der Waals surface area contributed by atoms with Gasteiger partial charge in [0.2, 0.25) is 0 Å². The number of anilines is 1. The maximum Gasteiger partial charge on any atom is 0.195 e. The van der Waals surface area contributed by atoms with Crippen LogP contribution in [0, 0.1) is 0 Å². The van der Waals surface area contributed by atoms with E-state index in [-0.39, 0.29) is 0 Å². The van der Waals surface area contributed by atoms with Crippen LogP contribution in [0.1, 0.15) is 12.0 Å². The van der Waals surface area contributed by atoms with Crippen molar-refractivity contribution in [3.8, 4) is 11.5 Å². The lowest BCUT2D eigenvalue weighted by atomic mass is 10.2. The molecule has 0 saturated heterocycles. The summed E-state index contributed by atoms with van der Waals surface area (Å²) in [4.78, 5) is 4.24. The minimum absolute atomic E-state index is 0.682. The second kappa shape index (κ2) is 7.17. The highest BCUT2D eigenvalue weighted by Crippen LogP contribution is 2.32. The Morgan fingerprint density at radius 1 is 1.23 bits per heavy atom. The van der Waals surface area contributed by atoms with Crippen molar-refractivity contribution in [2.24, 2.45) is 4.99 Å². The Bertz CT molecular complexity index is 641. The van der Waals surface area contributed by atoms with Gasteiger partial charge in [-0.1, -0.05) is 0 Å². The summed E-state index contributed by atoms with van der Waals surface area (Å²) in [5, 5.41) is 10.7. The molecule has 6 heteroatoms. The number of hydrogen-bond acceptors (Lipinski definition) is 4. The summed E-state index contributed by atoms with van der Waals surface area (Å²) in [7, 11) is 1.76. The molecule has 0 saturated carbocycles. The first-order valence-corrected chi connectivity index (χ1v) is 8.18.